The lowest BCUT2D eigenvalue weighted by Gasteiger charge is -2.36. The zero-order chi connectivity index (χ0) is 22.7. The number of aromatic nitrogens is 2. The normalized spacial score (nSPS) is 14.7. The van der Waals surface area contributed by atoms with Gasteiger partial charge in [-0.15, -0.1) is 0 Å². The van der Waals surface area contributed by atoms with Crippen molar-refractivity contribution in [3.8, 4) is 5.75 Å². The van der Waals surface area contributed by atoms with Crippen molar-refractivity contribution in [3.63, 3.8) is 0 Å². The van der Waals surface area contributed by atoms with Crippen LogP contribution in [-0.2, 0) is 7.05 Å². The molecule has 9 nitrogen and oxygen atoms in total. The Morgan fingerprint density at radius 3 is 2.72 bits per heavy atom. The Morgan fingerprint density at radius 2 is 1.97 bits per heavy atom. The van der Waals surface area contributed by atoms with Gasteiger partial charge in [0, 0.05) is 39.8 Å². The summed E-state index contributed by atoms with van der Waals surface area (Å²) in [4.78, 5) is 34.0. The smallest absolute Gasteiger partial charge is 0.265 e. The summed E-state index contributed by atoms with van der Waals surface area (Å²) in [6.45, 7) is 6.88. The molecule has 9 heteroatoms. The van der Waals surface area contributed by atoms with Gasteiger partial charge in [-0.3, -0.25) is 14.5 Å². The number of hydrogen-bond acceptors (Lipinski definition) is 7. The fourth-order valence-electron chi connectivity index (χ4n) is 4.16. The van der Waals surface area contributed by atoms with Gasteiger partial charge in [-0.05, 0) is 32.0 Å². The molecule has 0 radical (unpaired) electrons. The average Bonchev–Trinajstić information content (AvgIpc) is 3.16. The molecule has 4 rings (SSSR count). The molecule has 0 spiro atoms. The molecule has 0 bridgehead atoms. The predicted octanol–water partition coefficient (Wildman–Crippen LogP) is 1.79. The first-order chi connectivity index (χ1) is 15.5. The number of carbonyl (C=O) groups excluding carboxylic acids is 1. The van der Waals surface area contributed by atoms with Gasteiger partial charge in [0.15, 0.2) is 0 Å². The summed E-state index contributed by atoms with van der Waals surface area (Å²) in [5.74, 6) is 1.00. The Hall–Kier alpha value is -3.33. The standard InChI is InChI=1S/C23H29N5O4/c1-16-19(20-22(32-16)25-15-26(2)23(20)30)21(29)24-9-6-10-27-11-13-28(14-12-27)17-7-4-5-8-18(17)31-3/h4-5,7-8,15H,6,9-14H2,1-3H3,(H,24,29). The zero-order valence-corrected chi connectivity index (χ0v) is 18.8. The van der Waals surface area contributed by atoms with Gasteiger partial charge in [-0.1, -0.05) is 12.1 Å². The molecule has 1 saturated heterocycles. The highest BCUT2D eigenvalue weighted by Gasteiger charge is 2.23. The van der Waals surface area contributed by atoms with Crippen LogP contribution in [0.2, 0.25) is 0 Å². The molecule has 32 heavy (non-hydrogen) atoms. The molecule has 3 heterocycles. The van der Waals surface area contributed by atoms with Gasteiger partial charge in [0.25, 0.3) is 11.5 Å². The number of furan rings is 1. The highest BCUT2D eigenvalue weighted by molar-refractivity contribution is 6.06. The van der Waals surface area contributed by atoms with E-state index in [1.807, 2.05) is 18.2 Å². The van der Waals surface area contributed by atoms with Crippen LogP contribution in [0, 0.1) is 6.92 Å². The number of nitrogens with one attached hydrogen (secondary N) is 1. The van der Waals surface area contributed by atoms with Crippen molar-refractivity contribution < 1.29 is 13.9 Å². The van der Waals surface area contributed by atoms with Crippen LogP contribution in [0.15, 0.2) is 39.8 Å². The molecule has 2 aromatic heterocycles. The Bertz CT molecular complexity index is 1160. The lowest BCUT2D eigenvalue weighted by Crippen LogP contribution is -2.47. The van der Waals surface area contributed by atoms with Crippen molar-refractivity contribution in [1.82, 2.24) is 19.8 Å². The molecular weight excluding hydrogens is 410 g/mol. The monoisotopic (exact) mass is 439 g/mol. The predicted molar refractivity (Wildman–Crippen MR) is 123 cm³/mol. The van der Waals surface area contributed by atoms with Crippen molar-refractivity contribution in [2.75, 3.05) is 51.3 Å². The van der Waals surface area contributed by atoms with Crippen LogP contribution in [0.25, 0.3) is 11.1 Å². The largest absolute Gasteiger partial charge is 0.495 e. The highest BCUT2D eigenvalue weighted by Crippen LogP contribution is 2.28. The minimum Gasteiger partial charge on any atom is -0.495 e. The number of piperazine rings is 1. The third-order valence-electron chi connectivity index (χ3n) is 5.91. The van der Waals surface area contributed by atoms with Crippen LogP contribution >= 0.6 is 0 Å². The number of ether oxygens (including phenoxy) is 1. The number of carbonyl (C=O) groups is 1. The molecule has 0 unspecified atom stereocenters. The fraction of sp³-hybridized carbons (Fsp3) is 0.435. The first-order valence-corrected chi connectivity index (χ1v) is 10.8. The van der Waals surface area contributed by atoms with Gasteiger partial charge >= 0.3 is 0 Å². The number of rotatable bonds is 7. The molecule has 170 valence electrons. The third kappa shape index (κ3) is 4.34. The van der Waals surface area contributed by atoms with E-state index < -0.39 is 0 Å². The molecule has 1 aromatic carbocycles. The number of amides is 1. The van der Waals surface area contributed by atoms with E-state index in [0.717, 1.165) is 50.6 Å². The molecule has 1 aliphatic heterocycles. The number of hydrogen-bond donors (Lipinski definition) is 1. The highest BCUT2D eigenvalue weighted by atomic mass is 16.5. The number of anilines is 1. The number of benzene rings is 1. The molecular formula is C23H29N5O4. The van der Waals surface area contributed by atoms with Crippen LogP contribution in [-0.4, -0.2) is 66.7 Å². The zero-order valence-electron chi connectivity index (χ0n) is 18.8. The van der Waals surface area contributed by atoms with Gasteiger partial charge < -0.3 is 23.9 Å². The van der Waals surface area contributed by atoms with E-state index in [0.29, 0.717) is 12.3 Å². The van der Waals surface area contributed by atoms with Crippen molar-refractivity contribution in [1.29, 1.82) is 0 Å². The lowest BCUT2D eigenvalue weighted by atomic mass is 10.1. The van der Waals surface area contributed by atoms with Gasteiger partial charge in [-0.2, -0.15) is 0 Å². The maximum Gasteiger partial charge on any atom is 0.265 e. The summed E-state index contributed by atoms with van der Waals surface area (Å²) in [6, 6.07) is 8.09. The first-order valence-electron chi connectivity index (χ1n) is 10.8. The Kier molecular flexibility index (Phi) is 6.45. The molecule has 1 N–H and O–H groups in total. The Labute approximate surface area is 186 Å². The van der Waals surface area contributed by atoms with Crippen molar-refractivity contribution >= 4 is 22.7 Å². The number of para-hydroxylation sites is 2. The van der Waals surface area contributed by atoms with E-state index >= 15 is 0 Å². The maximum atomic E-state index is 12.7. The minimum atomic E-state index is -0.299. The molecule has 1 aliphatic rings. The molecule has 0 saturated carbocycles. The van der Waals surface area contributed by atoms with Crippen molar-refractivity contribution in [2.45, 2.75) is 13.3 Å². The lowest BCUT2D eigenvalue weighted by molar-refractivity contribution is 0.0951. The van der Waals surface area contributed by atoms with E-state index in [9.17, 15) is 9.59 Å². The van der Waals surface area contributed by atoms with E-state index in [2.05, 4.69) is 26.2 Å². The SMILES string of the molecule is COc1ccccc1N1CCN(CCCNC(=O)c2c(C)oc3ncn(C)c(=O)c23)CC1. The second-order valence-corrected chi connectivity index (χ2v) is 7.98. The van der Waals surface area contributed by atoms with Gasteiger partial charge in [0.1, 0.15) is 23.2 Å². The van der Waals surface area contributed by atoms with Crippen LogP contribution in [0.3, 0.4) is 0 Å². The Balaban J connectivity index is 1.27. The third-order valence-corrected chi connectivity index (χ3v) is 5.91. The van der Waals surface area contributed by atoms with E-state index in [-0.39, 0.29) is 28.1 Å². The summed E-state index contributed by atoms with van der Waals surface area (Å²) in [7, 11) is 3.30. The van der Waals surface area contributed by atoms with E-state index in [4.69, 9.17) is 9.15 Å². The van der Waals surface area contributed by atoms with Crippen LogP contribution < -0.4 is 20.5 Å². The van der Waals surface area contributed by atoms with E-state index in [1.165, 1.54) is 10.9 Å². The summed E-state index contributed by atoms with van der Waals surface area (Å²) < 4.78 is 12.3. The molecule has 0 atom stereocenters. The van der Waals surface area contributed by atoms with Crippen LogP contribution in [0.1, 0.15) is 22.5 Å². The molecule has 3 aromatic rings. The van der Waals surface area contributed by atoms with Crippen LogP contribution in [0.4, 0.5) is 5.69 Å². The van der Waals surface area contributed by atoms with Crippen LogP contribution in [0.5, 0.6) is 5.75 Å². The number of nitrogens with zero attached hydrogens (tertiary/aromatic N) is 4. The average molecular weight is 440 g/mol. The summed E-state index contributed by atoms with van der Waals surface area (Å²) in [5.41, 5.74) is 1.32. The van der Waals surface area contributed by atoms with Gasteiger partial charge in [0.2, 0.25) is 5.71 Å². The van der Waals surface area contributed by atoms with Gasteiger partial charge in [0.05, 0.1) is 18.4 Å². The molecule has 1 fully saturated rings. The van der Waals surface area contributed by atoms with E-state index in [1.54, 1.807) is 21.1 Å². The maximum absolute atomic E-state index is 12.7. The topological polar surface area (TPSA) is 92.8 Å². The summed E-state index contributed by atoms with van der Waals surface area (Å²) >= 11 is 0. The number of methoxy groups -OCH3 is 1. The second-order valence-electron chi connectivity index (χ2n) is 7.98. The minimum absolute atomic E-state index is 0.198. The molecule has 1 amide bonds. The first kappa shape index (κ1) is 21.9. The van der Waals surface area contributed by atoms with Crippen molar-refractivity contribution in [2.24, 2.45) is 7.05 Å². The number of aryl methyl sites for hydroxylation is 2. The second kappa shape index (κ2) is 9.44. The summed E-state index contributed by atoms with van der Waals surface area (Å²) in [5, 5.41) is 3.16. The quantitative estimate of drug-likeness (QED) is 0.561. The number of fused-ring (bicyclic) bond motifs is 1. The summed E-state index contributed by atoms with van der Waals surface area (Å²) in [6.07, 6.45) is 2.22. The molecule has 0 aliphatic carbocycles. The van der Waals surface area contributed by atoms with Gasteiger partial charge in [-0.25, -0.2) is 4.98 Å². The fourth-order valence-corrected chi connectivity index (χ4v) is 4.16. The Morgan fingerprint density at radius 1 is 1.22 bits per heavy atom. The van der Waals surface area contributed by atoms with Crippen molar-refractivity contribution in [3.05, 3.63) is 52.3 Å².